The number of anilines is 1. The van der Waals surface area contributed by atoms with E-state index in [4.69, 9.17) is 0 Å². The first-order chi connectivity index (χ1) is 13.0. The Kier molecular flexibility index (Phi) is 5.80. The van der Waals surface area contributed by atoms with Gasteiger partial charge in [-0.05, 0) is 24.3 Å². The Balaban J connectivity index is 1.47. The van der Waals surface area contributed by atoms with Crippen LogP contribution >= 0.6 is 0 Å². The Labute approximate surface area is 156 Å². The van der Waals surface area contributed by atoms with Crippen LogP contribution in [0.1, 0.15) is 10.4 Å². The number of piperazine rings is 1. The lowest BCUT2D eigenvalue weighted by Gasteiger charge is -2.36. The number of ketones is 1. The molecule has 3 rings (SSSR count). The van der Waals surface area contributed by atoms with Crippen molar-refractivity contribution in [3.63, 3.8) is 0 Å². The van der Waals surface area contributed by atoms with E-state index in [-0.39, 0.29) is 18.0 Å². The minimum absolute atomic E-state index is 0.0450. The summed E-state index contributed by atoms with van der Waals surface area (Å²) in [5, 5.41) is 2.32. The SMILES string of the molecule is O=C(NCC(=O)N1CCN(c2ccccc2)CC1)C(=O)c1cccc(F)c1. The predicted molar refractivity (Wildman–Crippen MR) is 99.0 cm³/mol. The second kappa shape index (κ2) is 8.44. The minimum atomic E-state index is -0.920. The number of Topliss-reactive ketones (excluding diaryl/α,β-unsaturated/α-hetero) is 1. The molecule has 1 fully saturated rings. The fraction of sp³-hybridized carbons (Fsp3) is 0.250. The van der Waals surface area contributed by atoms with Crippen LogP contribution in [-0.2, 0) is 9.59 Å². The molecule has 2 aromatic carbocycles. The molecule has 1 aliphatic rings. The number of nitrogens with one attached hydrogen (secondary N) is 1. The van der Waals surface area contributed by atoms with Crippen molar-refractivity contribution in [3.05, 3.63) is 66.0 Å². The second-order valence-corrected chi connectivity index (χ2v) is 6.23. The second-order valence-electron chi connectivity index (χ2n) is 6.23. The van der Waals surface area contributed by atoms with Gasteiger partial charge in [0.1, 0.15) is 5.82 Å². The third-order valence-corrected chi connectivity index (χ3v) is 4.45. The summed E-state index contributed by atoms with van der Waals surface area (Å²) in [4.78, 5) is 40.0. The van der Waals surface area contributed by atoms with Gasteiger partial charge in [-0.1, -0.05) is 30.3 Å². The molecule has 2 aromatic rings. The summed E-state index contributed by atoms with van der Waals surface area (Å²) < 4.78 is 13.2. The van der Waals surface area contributed by atoms with E-state index in [1.54, 1.807) is 4.90 Å². The number of amides is 2. The topological polar surface area (TPSA) is 69.7 Å². The number of para-hydroxylation sites is 1. The first-order valence-corrected chi connectivity index (χ1v) is 8.70. The molecule has 0 radical (unpaired) electrons. The summed E-state index contributed by atoms with van der Waals surface area (Å²) in [5.41, 5.74) is 1.06. The third-order valence-electron chi connectivity index (χ3n) is 4.45. The van der Waals surface area contributed by atoms with Crippen molar-refractivity contribution in [2.45, 2.75) is 0 Å². The number of nitrogens with zero attached hydrogens (tertiary/aromatic N) is 2. The molecule has 0 bridgehead atoms. The lowest BCUT2D eigenvalue weighted by atomic mass is 10.1. The normalized spacial score (nSPS) is 14.0. The van der Waals surface area contributed by atoms with Crippen LogP contribution in [0.4, 0.5) is 10.1 Å². The van der Waals surface area contributed by atoms with Crippen LogP contribution in [0.2, 0.25) is 0 Å². The molecular formula is C20H20FN3O3. The van der Waals surface area contributed by atoms with Gasteiger partial charge in [0.2, 0.25) is 11.7 Å². The van der Waals surface area contributed by atoms with Gasteiger partial charge in [-0.15, -0.1) is 0 Å². The van der Waals surface area contributed by atoms with Crippen molar-refractivity contribution >= 4 is 23.3 Å². The van der Waals surface area contributed by atoms with Crippen molar-refractivity contribution in [1.82, 2.24) is 10.2 Å². The summed E-state index contributed by atoms with van der Waals surface area (Å²) in [6.07, 6.45) is 0. The summed E-state index contributed by atoms with van der Waals surface area (Å²) in [5.74, 6) is -2.63. The van der Waals surface area contributed by atoms with Gasteiger partial charge >= 0.3 is 0 Å². The van der Waals surface area contributed by atoms with E-state index in [0.29, 0.717) is 26.2 Å². The first kappa shape index (κ1) is 18.6. The molecule has 0 atom stereocenters. The lowest BCUT2D eigenvalue weighted by molar-refractivity contribution is -0.132. The van der Waals surface area contributed by atoms with Crippen molar-refractivity contribution < 1.29 is 18.8 Å². The molecule has 1 N–H and O–H groups in total. The standard InChI is InChI=1S/C20H20FN3O3/c21-16-6-4-5-15(13-16)19(26)20(27)22-14-18(25)24-11-9-23(10-12-24)17-7-2-1-3-8-17/h1-8,13H,9-12,14H2,(H,22,27). The third kappa shape index (κ3) is 4.69. The predicted octanol–water partition coefficient (Wildman–Crippen LogP) is 1.47. The van der Waals surface area contributed by atoms with Crippen LogP contribution in [0.15, 0.2) is 54.6 Å². The van der Waals surface area contributed by atoms with Crippen LogP contribution in [0.5, 0.6) is 0 Å². The Morgan fingerprint density at radius 2 is 1.63 bits per heavy atom. The van der Waals surface area contributed by atoms with E-state index in [1.165, 1.54) is 18.2 Å². The van der Waals surface area contributed by atoms with Gasteiger partial charge in [-0.25, -0.2) is 4.39 Å². The molecule has 7 heteroatoms. The highest BCUT2D eigenvalue weighted by molar-refractivity contribution is 6.43. The van der Waals surface area contributed by atoms with Gasteiger partial charge in [0, 0.05) is 37.4 Å². The maximum Gasteiger partial charge on any atom is 0.292 e. The van der Waals surface area contributed by atoms with Crippen LogP contribution in [0.25, 0.3) is 0 Å². The zero-order valence-electron chi connectivity index (χ0n) is 14.7. The Bertz CT molecular complexity index is 833. The molecule has 2 amide bonds. The number of benzene rings is 2. The number of halogens is 1. The summed E-state index contributed by atoms with van der Waals surface area (Å²) in [7, 11) is 0. The van der Waals surface area contributed by atoms with Crippen molar-refractivity contribution in [2.24, 2.45) is 0 Å². The van der Waals surface area contributed by atoms with Gasteiger partial charge in [-0.3, -0.25) is 14.4 Å². The molecule has 0 spiro atoms. The maximum absolute atomic E-state index is 13.2. The molecule has 1 saturated heterocycles. The Morgan fingerprint density at radius 3 is 2.30 bits per heavy atom. The minimum Gasteiger partial charge on any atom is -0.368 e. The van der Waals surface area contributed by atoms with E-state index in [1.807, 2.05) is 30.3 Å². The molecule has 0 aromatic heterocycles. The monoisotopic (exact) mass is 369 g/mol. The van der Waals surface area contributed by atoms with Gasteiger partial charge < -0.3 is 15.1 Å². The smallest absolute Gasteiger partial charge is 0.292 e. The van der Waals surface area contributed by atoms with Crippen molar-refractivity contribution in [3.8, 4) is 0 Å². The van der Waals surface area contributed by atoms with Crippen LogP contribution in [0.3, 0.4) is 0 Å². The van der Waals surface area contributed by atoms with Crippen LogP contribution < -0.4 is 10.2 Å². The molecule has 0 saturated carbocycles. The van der Waals surface area contributed by atoms with Crippen LogP contribution in [0, 0.1) is 5.82 Å². The molecule has 0 unspecified atom stereocenters. The number of carbonyl (C=O) groups excluding carboxylic acids is 3. The van der Waals surface area contributed by atoms with E-state index in [2.05, 4.69) is 10.2 Å². The van der Waals surface area contributed by atoms with Gasteiger partial charge in [0.25, 0.3) is 5.91 Å². The zero-order chi connectivity index (χ0) is 19.2. The van der Waals surface area contributed by atoms with Crippen molar-refractivity contribution in [2.75, 3.05) is 37.6 Å². The molecule has 0 aliphatic carbocycles. The summed E-state index contributed by atoms with van der Waals surface area (Å²) >= 11 is 0. The highest BCUT2D eigenvalue weighted by Crippen LogP contribution is 2.15. The Morgan fingerprint density at radius 1 is 0.926 bits per heavy atom. The number of rotatable bonds is 5. The van der Waals surface area contributed by atoms with E-state index in [9.17, 15) is 18.8 Å². The van der Waals surface area contributed by atoms with Gasteiger partial charge in [0.15, 0.2) is 0 Å². The summed E-state index contributed by atoms with van der Waals surface area (Å²) in [6.45, 7) is 2.23. The first-order valence-electron chi connectivity index (χ1n) is 8.70. The molecule has 140 valence electrons. The fourth-order valence-corrected chi connectivity index (χ4v) is 2.96. The highest BCUT2D eigenvalue weighted by Gasteiger charge is 2.23. The number of hydrogen-bond acceptors (Lipinski definition) is 4. The number of hydrogen-bond donors (Lipinski definition) is 1. The average molecular weight is 369 g/mol. The lowest BCUT2D eigenvalue weighted by Crippen LogP contribution is -2.51. The summed E-state index contributed by atoms with van der Waals surface area (Å²) in [6, 6.07) is 14.8. The largest absolute Gasteiger partial charge is 0.368 e. The zero-order valence-corrected chi connectivity index (χ0v) is 14.7. The maximum atomic E-state index is 13.2. The molecule has 1 heterocycles. The molecular weight excluding hydrogens is 349 g/mol. The van der Waals surface area contributed by atoms with E-state index >= 15 is 0 Å². The highest BCUT2D eigenvalue weighted by atomic mass is 19.1. The van der Waals surface area contributed by atoms with Gasteiger partial charge in [0.05, 0.1) is 6.54 Å². The van der Waals surface area contributed by atoms with Crippen LogP contribution in [-0.4, -0.2) is 55.2 Å². The fourth-order valence-electron chi connectivity index (χ4n) is 2.96. The van der Waals surface area contributed by atoms with E-state index < -0.39 is 17.5 Å². The van der Waals surface area contributed by atoms with E-state index in [0.717, 1.165) is 11.8 Å². The quantitative estimate of drug-likeness (QED) is 0.640. The van der Waals surface area contributed by atoms with Crippen molar-refractivity contribution in [1.29, 1.82) is 0 Å². The molecule has 1 aliphatic heterocycles. The Hall–Kier alpha value is -3.22. The average Bonchev–Trinajstić information content (AvgIpc) is 2.72. The van der Waals surface area contributed by atoms with Gasteiger partial charge in [-0.2, -0.15) is 0 Å². The molecule has 27 heavy (non-hydrogen) atoms. The number of carbonyl (C=O) groups is 3. The molecule has 6 nitrogen and oxygen atoms in total.